The van der Waals surface area contributed by atoms with Crippen molar-refractivity contribution in [2.45, 2.75) is 13.8 Å². The number of fused-ring (bicyclic) bond motifs is 1. The Bertz CT molecular complexity index is 323. The van der Waals surface area contributed by atoms with Crippen LogP contribution in [-0.4, -0.2) is 27.2 Å². The average Bonchev–Trinajstić information content (AvgIpc) is 2.27. The van der Waals surface area contributed by atoms with E-state index in [1.807, 2.05) is 26.0 Å². The average molecular weight is 207 g/mol. The summed E-state index contributed by atoms with van der Waals surface area (Å²) < 4.78 is 0. The molecular weight excluding hydrogens is 186 g/mol. The van der Waals surface area contributed by atoms with Crippen LogP contribution in [0.1, 0.15) is 13.8 Å². The van der Waals surface area contributed by atoms with Crippen molar-refractivity contribution in [3.8, 4) is 0 Å². The number of likely N-dealkylation sites (N-methyl/N-ethyl adjacent to an activating group) is 2. The number of hydrogen-bond donors (Lipinski definition) is 1. The molecule has 0 atom stereocenters. The summed E-state index contributed by atoms with van der Waals surface area (Å²) in [7, 11) is 4.22. The Labute approximate surface area is 92.5 Å². The zero-order chi connectivity index (χ0) is 11.4. The first-order chi connectivity index (χ1) is 7.18. The first kappa shape index (κ1) is 11.7. The van der Waals surface area contributed by atoms with Gasteiger partial charge in [0.25, 0.3) is 0 Å². The van der Waals surface area contributed by atoms with E-state index in [2.05, 4.69) is 30.0 Å². The van der Waals surface area contributed by atoms with Crippen molar-refractivity contribution in [3.63, 3.8) is 0 Å². The Hall–Kier alpha value is -1.38. The Kier molecular flexibility index (Phi) is 3.83. The summed E-state index contributed by atoms with van der Waals surface area (Å²) in [6.07, 6.45) is 0. The largest absolute Gasteiger partial charge is 0.399 e. The Balaban J connectivity index is 0.000000531. The lowest BCUT2D eigenvalue weighted by Gasteiger charge is -2.34. The van der Waals surface area contributed by atoms with E-state index in [0.717, 1.165) is 18.8 Å². The summed E-state index contributed by atoms with van der Waals surface area (Å²) in [6, 6.07) is 6.07. The predicted octanol–water partition coefficient (Wildman–Crippen LogP) is 2.18. The fourth-order valence-electron chi connectivity index (χ4n) is 1.71. The summed E-state index contributed by atoms with van der Waals surface area (Å²) in [6.45, 7) is 6.14. The predicted molar refractivity (Wildman–Crippen MR) is 68.7 cm³/mol. The van der Waals surface area contributed by atoms with E-state index in [-0.39, 0.29) is 0 Å². The molecule has 15 heavy (non-hydrogen) atoms. The second kappa shape index (κ2) is 4.91. The topological polar surface area (TPSA) is 32.5 Å². The fraction of sp³-hybridized carbons (Fsp3) is 0.500. The Morgan fingerprint density at radius 1 is 1.00 bits per heavy atom. The zero-order valence-electron chi connectivity index (χ0n) is 10.1. The molecule has 0 bridgehead atoms. The van der Waals surface area contributed by atoms with Crippen molar-refractivity contribution >= 4 is 17.1 Å². The molecule has 0 saturated carbocycles. The number of anilines is 3. The second-order valence-corrected chi connectivity index (χ2v) is 3.59. The maximum atomic E-state index is 5.74. The second-order valence-electron chi connectivity index (χ2n) is 3.59. The summed E-state index contributed by atoms with van der Waals surface area (Å²) in [5.74, 6) is 0. The standard InChI is InChI=1S/C10H15N3.C2H6/c1-12-5-6-13(2)10-7-8(11)3-4-9(10)12;1-2/h3-4,7H,5-6,11H2,1-2H3;1-2H3. The van der Waals surface area contributed by atoms with Gasteiger partial charge in [0.15, 0.2) is 0 Å². The monoisotopic (exact) mass is 207 g/mol. The molecule has 2 rings (SSSR count). The van der Waals surface area contributed by atoms with Crippen LogP contribution < -0.4 is 15.5 Å². The van der Waals surface area contributed by atoms with Crippen LogP contribution in [0.2, 0.25) is 0 Å². The molecule has 1 heterocycles. The normalized spacial score (nSPS) is 14.1. The van der Waals surface area contributed by atoms with Gasteiger partial charge in [-0.05, 0) is 18.2 Å². The molecule has 3 heteroatoms. The molecular formula is C12H21N3. The van der Waals surface area contributed by atoms with Crippen LogP contribution in [0.3, 0.4) is 0 Å². The van der Waals surface area contributed by atoms with Crippen LogP contribution in [0.15, 0.2) is 18.2 Å². The van der Waals surface area contributed by atoms with E-state index in [9.17, 15) is 0 Å². The third-order valence-corrected chi connectivity index (χ3v) is 2.59. The molecule has 0 unspecified atom stereocenters. The molecule has 2 N–H and O–H groups in total. The summed E-state index contributed by atoms with van der Waals surface area (Å²) in [5, 5.41) is 0. The molecule has 1 aromatic carbocycles. The quantitative estimate of drug-likeness (QED) is 0.662. The van der Waals surface area contributed by atoms with Gasteiger partial charge >= 0.3 is 0 Å². The molecule has 0 spiro atoms. The van der Waals surface area contributed by atoms with Gasteiger partial charge < -0.3 is 15.5 Å². The van der Waals surface area contributed by atoms with Gasteiger partial charge in [0.2, 0.25) is 0 Å². The van der Waals surface area contributed by atoms with Gasteiger partial charge in [-0.2, -0.15) is 0 Å². The van der Waals surface area contributed by atoms with Crippen LogP contribution in [0.5, 0.6) is 0 Å². The van der Waals surface area contributed by atoms with Gasteiger partial charge in [-0.1, -0.05) is 13.8 Å². The molecule has 3 nitrogen and oxygen atoms in total. The number of nitrogen functional groups attached to an aromatic ring is 1. The van der Waals surface area contributed by atoms with E-state index in [4.69, 9.17) is 5.73 Å². The summed E-state index contributed by atoms with van der Waals surface area (Å²) in [5.41, 5.74) is 9.08. The first-order valence-corrected chi connectivity index (χ1v) is 5.50. The highest BCUT2D eigenvalue weighted by atomic mass is 15.2. The molecule has 0 amide bonds. The van der Waals surface area contributed by atoms with Crippen molar-refractivity contribution in [2.75, 3.05) is 42.7 Å². The van der Waals surface area contributed by atoms with E-state index < -0.39 is 0 Å². The molecule has 0 radical (unpaired) electrons. The highest BCUT2D eigenvalue weighted by Gasteiger charge is 2.16. The minimum Gasteiger partial charge on any atom is -0.399 e. The van der Waals surface area contributed by atoms with Crippen LogP contribution in [0.4, 0.5) is 17.1 Å². The van der Waals surface area contributed by atoms with E-state index in [1.54, 1.807) is 0 Å². The van der Waals surface area contributed by atoms with Gasteiger partial charge in [0.1, 0.15) is 0 Å². The van der Waals surface area contributed by atoms with Crippen molar-refractivity contribution in [2.24, 2.45) is 0 Å². The van der Waals surface area contributed by atoms with Gasteiger partial charge in [0, 0.05) is 32.9 Å². The number of benzene rings is 1. The van der Waals surface area contributed by atoms with Gasteiger partial charge in [-0.15, -0.1) is 0 Å². The van der Waals surface area contributed by atoms with Crippen molar-refractivity contribution in [1.82, 2.24) is 0 Å². The Morgan fingerprint density at radius 2 is 1.53 bits per heavy atom. The molecule has 0 fully saturated rings. The summed E-state index contributed by atoms with van der Waals surface area (Å²) in [4.78, 5) is 4.50. The van der Waals surface area contributed by atoms with Gasteiger partial charge in [-0.3, -0.25) is 0 Å². The van der Waals surface area contributed by atoms with Gasteiger partial charge in [-0.25, -0.2) is 0 Å². The highest BCUT2D eigenvalue weighted by Crippen LogP contribution is 2.32. The van der Waals surface area contributed by atoms with Crippen molar-refractivity contribution in [3.05, 3.63) is 18.2 Å². The number of hydrogen-bond acceptors (Lipinski definition) is 3. The number of nitrogens with zero attached hydrogens (tertiary/aromatic N) is 2. The van der Waals surface area contributed by atoms with E-state index >= 15 is 0 Å². The Morgan fingerprint density at radius 3 is 2.13 bits per heavy atom. The summed E-state index contributed by atoms with van der Waals surface area (Å²) >= 11 is 0. The third kappa shape index (κ3) is 2.35. The van der Waals surface area contributed by atoms with E-state index in [1.165, 1.54) is 11.4 Å². The lowest BCUT2D eigenvalue weighted by molar-refractivity contribution is 0.798. The number of nitrogens with two attached hydrogens (primary N) is 1. The maximum absolute atomic E-state index is 5.74. The van der Waals surface area contributed by atoms with Crippen LogP contribution in [0.25, 0.3) is 0 Å². The van der Waals surface area contributed by atoms with Crippen LogP contribution >= 0.6 is 0 Å². The smallest absolute Gasteiger partial charge is 0.0622 e. The van der Waals surface area contributed by atoms with Crippen LogP contribution in [0, 0.1) is 0 Å². The van der Waals surface area contributed by atoms with E-state index in [0.29, 0.717) is 0 Å². The molecule has 0 aliphatic carbocycles. The van der Waals surface area contributed by atoms with Gasteiger partial charge in [0.05, 0.1) is 11.4 Å². The molecule has 0 saturated heterocycles. The van der Waals surface area contributed by atoms with Crippen LogP contribution in [-0.2, 0) is 0 Å². The molecule has 1 aromatic rings. The molecule has 1 aliphatic rings. The minimum absolute atomic E-state index is 0.834. The van der Waals surface area contributed by atoms with Crippen molar-refractivity contribution in [1.29, 1.82) is 0 Å². The SMILES string of the molecule is CC.CN1CCN(C)c2cc(N)ccc21. The first-order valence-electron chi connectivity index (χ1n) is 5.50. The number of rotatable bonds is 0. The lowest BCUT2D eigenvalue weighted by atomic mass is 10.1. The third-order valence-electron chi connectivity index (χ3n) is 2.59. The minimum atomic E-state index is 0.834. The molecule has 84 valence electrons. The highest BCUT2D eigenvalue weighted by molar-refractivity contribution is 5.76. The van der Waals surface area contributed by atoms with Crippen molar-refractivity contribution < 1.29 is 0 Å². The molecule has 1 aliphatic heterocycles. The lowest BCUT2D eigenvalue weighted by Crippen LogP contribution is -2.36. The fourth-order valence-corrected chi connectivity index (χ4v) is 1.71. The maximum Gasteiger partial charge on any atom is 0.0622 e. The molecule has 0 aromatic heterocycles. The zero-order valence-corrected chi connectivity index (χ0v) is 10.1.